The third-order valence-corrected chi connectivity index (χ3v) is 2.97. The second-order valence-corrected chi connectivity index (χ2v) is 5.78. The van der Waals surface area contributed by atoms with Gasteiger partial charge in [-0.2, -0.15) is 0 Å². The zero-order chi connectivity index (χ0) is 15.7. The van der Waals surface area contributed by atoms with Gasteiger partial charge in [0.2, 0.25) is 5.75 Å². The van der Waals surface area contributed by atoms with Crippen LogP contribution in [-0.4, -0.2) is 36.9 Å². The highest BCUT2D eigenvalue weighted by Gasteiger charge is 2.28. The van der Waals surface area contributed by atoms with Crippen molar-refractivity contribution in [3.8, 4) is 5.75 Å². The summed E-state index contributed by atoms with van der Waals surface area (Å²) in [5, 5.41) is 11.2. The molecule has 0 N–H and O–H groups in total. The van der Waals surface area contributed by atoms with Gasteiger partial charge in [0, 0.05) is 20.2 Å². The predicted octanol–water partition coefficient (Wildman–Crippen LogP) is 2.60. The molecule has 6 nitrogen and oxygen atoms in total. The highest BCUT2D eigenvalue weighted by molar-refractivity contribution is 5.98. The molecule has 1 aromatic rings. The first-order chi connectivity index (χ1) is 9.09. The quantitative estimate of drug-likeness (QED) is 0.630. The second kappa shape index (κ2) is 5.48. The van der Waals surface area contributed by atoms with Gasteiger partial charge in [-0.3, -0.25) is 14.9 Å². The summed E-state index contributed by atoms with van der Waals surface area (Å²) in [6, 6.07) is 3.12. The molecule has 0 aliphatic heterocycles. The van der Waals surface area contributed by atoms with Crippen LogP contribution in [0.1, 0.15) is 36.7 Å². The van der Waals surface area contributed by atoms with E-state index < -0.39 is 4.92 Å². The van der Waals surface area contributed by atoms with Gasteiger partial charge in [-0.05, 0) is 17.0 Å². The minimum absolute atomic E-state index is 0.00157. The van der Waals surface area contributed by atoms with Crippen LogP contribution in [0.3, 0.4) is 0 Å². The Bertz CT molecular complexity index is 545. The summed E-state index contributed by atoms with van der Waals surface area (Å²) in [5.74, 6) is -0.322. The smallest absolute Gasteiger partial charge is 0.312 e. The third-order valence-electron chi connectivity index (χ3n) is 2.97. The molecule has 0 saturated heterocycles. The fraction of sp³-hybridized carbons (Fsp3) is 0.500. The van der Waals surface area contributed by atoms with E-state index in [1.807, 2.05) is 20.8 Å². The van der Waals surface area contributed by atoms with Crippen LogP contribution in [-0.2, 0) is 5.41 Å². The maximum absolute atomic E-state index is 12.2. The topological polar surface area (TPSA) is 72.7 Å². The number of nitrogens with zero attached hydrogens (tertiary/aromatic N) is 2. The molecule has 1 aromatic carbocycles. The number of methoxy groups -OCH3 is 1. The molecular weight excluding hydrogens is 260 g/mol. The number of hydrogen-bond acceptors (Lipinski definition) is 4. The van der Waals surface area contributed by atoms with Crippen molar-refractivity contribution in [3.63, 3.8) is 0 Å². The number of nitro benzene ring substituents is 1. The van der Waals surface area contributed by atoms with Gasteiger partial charge in [-0.25, -0.2) is 0 Å². The van der Waals surface area contributed by atoms with Gasteiger partial charge in [0.15, 0.2) is 0 Å². The number of nitro groups is 1. The minimum Gasteiger partial charge on any atom is -0.490 e. The van der Waals surface area contributed by atoms with Crippen LogP contribution in [0.5, 0.6) is 5.75 Å². The summed E-state index contributed by atoms with van der Waals surface area (Å²) in [5.41, 5.74) is 0.426. The lowest BCUT2D eigenvalue weighted by Crippen LogP contribution is -2.24. The van der Waals surface area contributed by atoms with Crippen molar-refractivity contribution in [1.29, 1.82) is 0 Å². The number of benzene rings is 1. The van der Waals surface area contributed by atoms with Crippen molar-refractivity contribution >= 4 is 11.6 Å². The summed E-state index contributed by atoms with van der Waals surface area (Å²) in [4.78, 5) is 24.2. The van der Waals surface area contributed by atoms with E-state index >= 15 is 0 Å². The molecule has 0 saturated carbocycles. The summed E-state index contributed by atoms with van der Waals surface area (Å²) in [6.07, 6.45) is 0. The molecule has 20 heavy (non-hydrogen) atoms. The number of hydrogen-bond donors (Lipinski definition) is 0. The van der Waals surface area contributed by atoms with E-state index in [-0.39, 0.29) is 28.3 Å². The molecule has 0 bridgehead atoms. The number of carbonyl (C=O) groups is 1. The fourth-order valence-electron chi connectivity index (χ4n) is 1.80. The average molecular weight is 280 g/mol. The molecule has 0 fully saturated rings. The van der Waals surface area contributed by atoms with Crippen LogP contribution in [0.4, 0.5) is 5.69 Å². The first kappa shape index (κ1) is 15.9. The van der Waals surface area contributed by atoms with Crippen LogP contribution in [0.25, 0.3) is 0 Å². The Kier molecular flexibility index (Phi) is 4.37. The number of carbonyl (C=O) groups excluding carboxylic acids is 1. The highest BCUT2D eigenvalue weighted by Crippen LogP contribution is 2.36. The van der Waals surface area contributed by atoms with Crippen molar-refractivity contribution in [1.82, 2.24) is 4.90 Å². The van der Waals surface area contributed by atoms with Crippen molar-refractivity contribution in [2.45, 2.75) is 26.2 Å². The largest absolute Gasteiger partial charge is 0.490 e. The molecule has 0 spiro atoms. The van der Waals surface area contributed by atoms with Crippen molar-refractivity contribution in [3.05, 3.63) is 33.4 Å². The Morgan fingerprint density at radius 2 is 1.85 bits per heavy atom. The molecule has 0 aliphatic carbocycles. The Labute approximate surface area is 118 Å². The highest BCUT2D eigenvalue weighted by atomic mass is 16.6. The van der Waals surface area contributed by atoms with Crippen LogP contribution >= 0.6 is 0 Å². The SMILES string of the molecule is COc1c(C(=O)N(C)C)cc(C(C)(C)C)cc1[N+](=O)[O-]. The molecule has 110 valence electrons. The van der Waals surface area contributed by atoms with Gasteiger partial charge in [0.1, 0.15) is 0 Å². The summed E-state index contributed by atoms with van der Waals surface area (Å²) in [6.45, 7) is 5.80. The van der Waals surface area contributed by atoms with E-state index in [0.717, 1.165) is 5.56 Å². The summed E-state index contributed by atoms with van der Waals surface area (Å²) in [7, 11) is 4.51. The first-order valence-corrected chi connectivity index (χ1v) is 6.18. The molecule has 0 atom stereocenters. The Balaban J connectivity index is 3.66. The van der Waals surface area contributed by atoms with Crippen LogP contribution in [0, 0.1) is 10.1 Å². The minimum atomic E-state index is -0.527. The lowest BCUT2D eigenvalue weighted by Gasteiger charge is -2.21. The van der Waals surface area contributed by atoms with E-state index in [0.29, 0.717) is 0 Å². The van der Waals surface area contributed by atoms with Crippen molar-refractivity contribution < 1.29 is 14.5 Å². The second-order valence-electron chi connectivity index (χ2n) is 5.78. The van der Waals surface area contributed by atoms with Gasteiger partial charge in [0.25, 0.3) is 5.91 Å². The predicted molar refractivity (Wildman–Crippen MR) is 76.4 cm³/mol. The van der Waals surface area contributed by atoms with E-state index in [9.17, 15) is 14.9 Å². The van der Waals surface area contributed by atoms with Crippen molar-refractivity contribution in [2.75, 3.05) is 21.2 Å². The molecule has 0 radical (unpaired) electrons. The normalized spacial score (nSPS) is 11.1. The standard InChI is InChI=1S/C14H20N2O4/c1-14(2,3)9-7-10(13(17)15(4)5)12(20-6)11(8-9)16(18)19/h7-8H,1-6H3. The monoisotopic (exact) mass is 280 g/mol. The molecule has 0 aromatic heterocycles. The zero-order valence-electron chi connectivity index (χ0n) is 12.7. The molecule has 1 rings (SSSR count). The molecule has 0 unspecified atom stereocenters. The Morgan fingerprint density at radius 1 is 1.30 bits per heavy atom. The van der Waals surface area contributed by atoms with Crippen LogP contribution < -0.4 is 4.74 Å². The molecule has 0 heterocycles. The molecular formula is C14H20N2O4. The van der Waals surface area contributed by atoms with Gasteiger partial charge >= 0.3 is 5.69 Å². The Hall–Kier alpha value is -2.11. The maximum Gasteiger partial charge on any atom is 0.312 e. The number of amides is 1. The van der Waals surface area contributed by atoms with Gasteiger partial charge < -0.3 is 9.64 Å². The fourth-order valence-corrected chi connectivity index (χ4v) is 1.80. The van der Waals surface area contributed by atoms with E-state index in [1.54, 1.807) is 20.2 Å². The van der Waals surface area contributed by atoms with Gasteiger partial charge in [-0.1, -0.05) is 20.8 Å². The van der Waals surface area contributed by atoms with Crippen LogP contribution in [0.15, 0.2) is 12.1 Å². The third kappa shape index (κ3) is 3.07. The summed E-state index contributed by atoms with van der Waals surface area (Å²) >= 11 is 0. The average Bonchev–Trinajstić information content (AvgIpc) is 2.34. The lowest BCUT2D eigenvalue weighted by atomic mass is 9.85. The van der Waals surface area contributed by atoms with Crippen LogP contribution in [0.2, 0.25) is 0 Å². The van der Waals surface area contributed by atoms with Gasteiger partial charge in [-0.15, -0.1) is 0 Å². The molecule has 6 heteroatoms. The Morgan fingerprint density at radius 3 is 2.20 bits per heavy atom. The van der Waals surface area contributed by atoms with Crippen molar-refractivity contribution in [2.24, 2.45) is 0 Å². The van der Waals surface area contributed by atoms with E-state index in [1.165, 1.54) is 18.1 Å². The maximum atomic E-state index is 12.2. The van der Waals surface area contributed by atoms with E-state index in [4.69, 9.17) is 4.74 Å². The first-order valence-electron chi connectivity index (χ1n) is 6.18. The number of rotatable bonds is 3. The number of ether oxygens (including phenoxy) is 1. The molecule has 1 amide bonds. The zero-order valence-corrected chi connectivity index (χ0v) is 12.7. The van der Waals surface area contributed by atoms with Gasteiger partial charge in [0.05, 0.1) is 17.6 Å². The summed E-state index contributed by atoms with van der Waals surface area (Å²) < 4.78 is 5.09. The van der Waals surface area contributed by atoms with E-state index in [2.05, 4.69) is 0 Å². The lowest BCUT2D eigenvalue weighted by molar-refractivity contribution is -0.385. The molecule has 0 aliphatic rings.